The van der Waals surface area contributed by atoms with Crippen LogP contribution in [-0.4, -0.2) is 27.6 Å². The Morgan fingerprint density at radius 3 is 3.04 bits per heavy atom. The molecule has 0 saturated heterocycles. The van der Waals surface area contributed by atoms with Gasteiger partial charge in [0.1, 0.15) is 0 Å². The molecule has 130 valence electrons. The van der Waals surface area contributed by atoms with Crippen molar-refractivity contribution in [1.82, 2.24) is 20.4 Å². The summed E-state index contributed by atoms with van der Waals surface area (Å²) in [6.45, 7) is 0.540. The maximum atomic E-state index is 12.0. The van der Waals surface area contributed by atoms with Crippen LogP contribution in [0.4, 0.5) is 0 Å². The fourth-order valence-corrected chi connectivity index (χ4v) is 3.05. The number of aromatic nitrogens is 3. The van der Waals surface area contributed by atoms with Crippen LogP contribution in [0.15, 0.2) is 35.0 Å². The molecular formula is C19H22N4O2. The first-order chi connectivity index (χ1) is 12.3. The Morgan fingerprint density at radius 1 is 1.28 bits per heavy atom. The zero-order chi connectivity index (χ0) is 17.1. The van der Waals surface area contributed by atoms with Crippen molar-refractivity contribution in [2.24, 2.45) is 0 Å². The molecule has 6 heteroatoms. The lowest BCUT2D eigenvalue weighted by molar-refractivity contribution is -0.121. The number of nitrogens with one attached hydrogen (secondary N) is 2. The summed E-state index contributed by atoms with van der Waals surface area (Å²) >= 11 is 0. The van der Waals surface area contributed by atoms with E-state index in [2.05, 4.69) is 32.6 Å². The highest BCUT2D eigenvalue weighted by atomic mass is 16.5. The van der Waals surface area contributed by atoms with Gasteiger partial charge in [-0.05, 0) is 37.3 Å². The van der Waals surface area contributed by atoms with Gasteiger partial charge in [-0.3, -0.25) is 4.79 Å². The molecule has 1 aliphatic rings. The van der Waals surface area contributed by atoms with Crippen LogP contribution in [0.25, 0.3) is 10.9 Å². The second kappa shape index (κ2) is 7.09. The molecule has 0 bridgehead atoms. The van der Waals surface area contributed by atoms with Crippen molar-refractivity contribution in [3.8, 4) is 0 Å². The predicted molar refractivity (Wildman–Crippen MR) is 94.2 cm³/mol. The molecule has 0 unspecified atom stereocenters. The van der Waals surface area contributed by atoms with Gasteiger partial charge in [0.2, 0.25) is 11.8 Å². The lowest BCUT2D eigenvalue weighted by Crippen LogP contribution is -2.25. The van der Waals surface area contributed by atoms with Crippen LogP contribution < -0.4 is 5.32 Å². The average Bonchev–Trinajstić information content (AvgIpc) is 3.23. The first-order valence-electron chi connectivity index (χ1n) is 8.94. The molecule has 1 aliphatic carbocycles. The van der Waals surface area contributed by atoms with Crippen molar-refractivity contribution >= 4 is 16.8 Å². The highest BCUT2D eigenvalue weighted by molar-refractivity contribution is 5.83. The van der Waals surface area contributed by atoms with Crippen LogP contribution in [-0.2, 0) is 17.6 Å². The summed E-state index contributed by atoms with van der Waals surface area (Å²) in [5, 5.41) is 8.15. The van der Waals surface area contributed by atoms with E-state index in [1.807, 2.05) is 18.3 Å². The van der Waals surface area contributed by atoms with E-state index >= 15 is 0 Å². The normalized spacial score (nSPS) is 14.1. The number of nitrogens with zero attached hydrogens (tertiary/aromatic N) is 2. The molecule has 0 spiro atoms. The lowest BCUT2D eigenvalue weighted by atomic mass is 10.1. The van der Waals surface area contributed by atoms with Crippen LogP contribution >= 0.6 is 0 Å². The minimum absolute atomic E-state index is 0.0711. The highest BCUT2D eigenvalue weighted by Gasteiger charge is 2.28. The number of hydrogen-bond acceptors (Lipinski definition) is 4. The third-order valence-corrected chi connectivity index (χ3v) is 4.61. The molecule has 2 N–H and O–H groups in total. The number of aromatic amines is 1. The summed E-state index contributed by atoms with van der Waals surface area (Å²) in [6.07, 6.45) is 7.20. The monoisotopic (exact) mass is 338 g/mol. The van der Waals surface area contributed by atoms with Crippen LogP contribution in [0.3, 0.4) is 0 Å². The number of rotatable bonds is 8. The Labute approximate surface area is 146 Å². The smallest absolute Gasteiger partial charge is 0.228 e. The van der Waals surface area contributed by atoms with Crippen molar-refractivity contribution in [3.63, 3.8) is 0 Å². The largest absolute Gasteiger partial charge is 0.361 e. The number of para-hydroxylation sites is 1. The minimum atomic E-state index is 0.0711. The fraction of sp³-hybridized carbons (Fsp3) is 0.421. The van der Waals surface area contributed by atoms with Crippen molar-refractivity contribution < 1.29 is 9.32 Å². The lowest BCUT2D eigenvalue weighted by Gasteiger charge is -2.03. The molecule has 1 amide bonds. The SMILES string of the molecule is O=C(CCCc1c[nH]c2ccccc12)NCCc1nc(C2CC2)no1. The van der Waals surface area contributed by atoms with E-state index in [-0.39, 0.29) is 5.91 Å². The van der Waals surface area contributed by atoms with Gasteiger partial charge in [0.05, 0.1) is 0 Å². The van der Waals surface area contributed by atoms with Gasteiger partial charge in [0.25, 0.3) is 0 Å². The first-order valence-corrected chi connectivity index (χ1v) is 8.94. The van der Waals surface area contributed by atoms with Gasteiger partial charge in [-0.2, -0.15) is 4.98 Å². The molecule has 0 aliphatic heterocycles. The van der Waals surface area contributed by atoms with E-state index in [1.165, 1.54) is 10.9 Å². The number of H-pyrrole nitrogens is 1. The van der Waals surface area contributed by atoms with E-state index in [0.717, 1.165) is 37.0 Å². The summed E-state index contributed by atoms with van der Waals surface area (Å²) < 4.78 is 5.20. The zero-order valence-electron chi connectivity index (χ0n) is 14.1. The molecule has 2 aromatic heterocycles. The third kappa shape index (κ3) is 3.90. The van der Waals surface area contributed by atoms with Gasteiger partial charge in [-0.1, -0.05) is 23.4 Å². The maximum Gasteiger partial charge on any atom is 0.228 e. The number of carbonyl (C=O) groups is 1. The third-order valence-electron chi connectivity index (χ3n) is 4.61. The van der Waals surface area contributed by atoms with Gasteiger partial charge >= 0.3 is 0 Å². The molecule has 3 aromatic rings. The number of hydrogen-bond donors (Lipinski definition) is 2. The van der Waals surface area contributed by atoms with Gasteiger partial charge in [-0.15, -0.1) is 0 Å². The highest BCUT2D eigenvalue weighted by Crippen LogP contribution is 2.38. The van der Waals surface area contributed by atoms with E-state index in [0.29, 0.717) is 31.2 Å². The van der Waals surface area contributed by atoms with E-state index in [9.17, 15) is 4.79 Å². The Kier molecular flexibility index (Phi) is 4.50. The Balaban J connectivity index is 1.17. The second-order valence-corrected chi connectivity index (χ2v) is 6.63. The molecule has 0 atom stereocenters. The molecule has 1 aromatic carbocycles. The standard InChI is InChI=1S/C19H22N4O2/c24-17(20-11-10-18-22-19(23-25-18)13-8-9-13)7-3-4-14-12-21-16-6-2-1-5-15(14)16/h1-2,5-6,12-13,21H,3-4,7-11H2,(H,20,24). The number of fused-ring (bicyclic) bond motifs is 1. The molecule has 6 nitrogen and oxygen atoms in total. The number of aryl methyl sites for hydroxylation is 1. The first kappa shape index (κ1) is 15.9. The summed E-state index contributed by atoms with van der Waals surface area (Å²) in [6, 6.07) is 8.24. The number of benzene rings is 1. The fourth-order valence-electron chi connectivity index (χ4n) is 3.05. The van der Waals surface area contributed by atoms with E-state index in [4.69, 9.17) is 4.52 Å². The second-order valence-electron chi connectivity index (χ2n) is 6.63. The quantitative estimate of drug-likeness (QED) is 0.661. The van der Waals surface area contributed by atoms with Crippen LogP contribution in [0.2, 0.25) is 0 Å². The average molecular weight is 338 g/mol. The molecular weight excluding hydrogens is 316 g/mol. The summed E-state index contributed by atoms with van der Waals surface area (Å²) in [5.41, 5.74) is 2.41. The van der Waals surface area contributed by atoms with Crippen LogP contribution in [0, 0.1) is 0 Å². The van der Waals surface area contributed by atoms with Gasteiger partial charge in [-0.25, -0.2) is 0 Å². The predicted octanol–water partition coefficient (Wildman–Crippen LogP) is 3.11. The van der Waals surface area contributed by atoms with Crippen molar-refractivity contribution in [3.05, 3.63) is 47.7 Å². The van der Waals surface area contributed by atoms with Crippen molar-refractivity contribution in [2.75, 3.05) is 6.54 Å². The zero-order valence-corrected chi connectivity index (χ0v) is 14.1. The van der Waals surface area contributed by atoms with E-state index in [1.54, 1.807) is 0 Å². The number of carbonyl (C=O) groups excluding carboxylic acids is 1. The maximum absolute atomic E-state index is 12.0. The van der Waals surface area contributed by atoms with Gasteiger partial charge in [0.15, 0.2) is 5.82 Å². The molecule has 0 radical (unpaired) electrons. The Hall–Kier alpha value is -2.63. The summed E-state index contributed by atoms with van der Waals surface area (Å²) in [7, 11) is 0. The summed E-state index contributed by atoms with van der Waals surface area (Å²) in [5.74, 6) is 2.00. The number of amides is 1. The topological polar surface area (TPSA) is 83.8 Å². The molecule has 2 heterocycles. The molecule has 4 rings (SSSR count). The van der Waals surface area contributed by atoms with Gasteiger partial charge < -0.3 is 14.8 Å². The Morgan fingerprint density at radius 2 is 2.16 bits per heavy atom. The summed E-state index contributed by atoms with van der Waals surface area (Å²) in [4.78, 5) is 19.6. The van der Waals surface area contributed by atoms with E-state index < -0.39 is 0 Å². The van der Waals surface area contributed by atoms with Crippen LogP contribution in [0.5, 0.6) is 0 Å². The molecule has 1 fully saturated rings. The minimum Gasteiger partial charge on any atom is -0.361 e. The van der Waals surface area contributed by atoms with Crippen molar-refractivity contribution in [2.45, 2.75) is 44.4 Å². The van der Waals surface area contributed by atoms with Crippen molar-refractivity contribution in [1.29, 1.82) is 0 Å². The van der Waals surface area contributed by atoms with Crippen LogP contribution in [0.1, 0.15) is 48.9 Å². The molecule has 25 heavy (non-hydrogen) atoms. The van der Waals surface area contributed by atoms with Gasteiger partial charge in [0, 0.05) is 42.4 Å². The molecule has 1 saturated carbocycles. The Bertz CT molecular complexity index is 863.